The Morgan fingerprint density at radius 2 is 2.12 bits per heavy atom. The Morgan fingerprint density at radius 3 is 2.85 bits per heavy atom. The number of thiophene rings is 1. The van der Waals surface area contributed by atoms with Gasteiger partial charge in [-0.3, -0.25) is 0 Å². The SMILES string of the molecule is COC(=O)c1c(NC(=S)NCCc2ccccc2)sc2c1CCC(C)C2. The summed E-state index contributed by atoms with van der Waals surface area (Å²) in [6.07, 6.45) is 3.94. The Balaban J connectivity index is 1.66. The van der Waals surface area contributed by atoms with Crippen molar-refractivity contribution in [2.45, 2.75) is 32.6 Å². The van der Waals surface area contributed by atoms with E-state index in [1.165, 1.54) is 17.6 Å². The number of anilines is 1. The molecule has 0 amide bonds. The molecule has 138 valence electrons. The second-order valence-corrected chi connectivity index (χ2v) is 8.18. The van der Waals surface area contributed by atoms with Crippen LogP contribution in [-0.4, -0.2) is 24.7 Å². The fourth-order valence-corrected chi connectivity index (χ4v) is 4.94. The van der Waals surface area contributed by atoms with E-state index in [0.29, 0.717) is 16.6 Å². The van der Waals surface area contributed by atoms with Crippen molar-refractivity contribution >= 4 is 39.6 Å². The van der Waals surface area contributed by atoms with Crippen molar-refractivity contribution in [2.24, 2.45) is 5.92 Å². The summed E-state index contributed by atoms with van der Waals surface area (Å²) >= 11 is 7.06. The molecule has 1 aromatic heterocycles. The van der Waals surface area contributed by atoms with Crippen LogP contribution in [0, 0.1) is 5.92 Å². The highest BCUT2D eigenvalue weighted by Crippen LogP contribution is 2.39. The van der Waals surface area contributed by atoms with Crippen LogP contribution in [0.5, 0.6) is 0 Å². The first kappa shape index (κ1) is 18.9. The van der Waals surface area contributed by atoms with Crippen molar-refractivity contribution < 1.29 is 9.53 Å². The van der Waals surface area contributed by atoms with Gasteiger partial charge in [-0.25, -0.2) is 4.79 Å². The second kappa shape index (κ2) is 8.64. The molecule has 1 unspecified atom stereocenters. The first-order valence-corrected chi connectivity index (χ1v) is 10.1. The number of hydrogen-bond donors (Lipinski definition) is 2. The molecule has 1 aliphatic rings. The van der Waals surface area contributed by atoms with E-state index in [2.05, 4.69) is 29.7 Å². The molecular formula is C20H24N2O2S2. The molecule has 0 saturated carbocycles. The van der Waals surface area contributed by atoms with Gasteiger partial charge in [-0.2, -0.15) is 0 Å². The van der Waals surface area contributed by atoms with Gasteiger partial charge in [-0.1, -0.05) is 37.3 Å². The number of rotatable bonds is 5. The Labute approximate surface area is 164 Å². The molecule has 4 nitrogen and oxygen atoms in total. The lowest BCUT2D eigenvalue weighted by molar-refractivity contribution is 0.0601. The fourth-order valence-electron chi connectivity index (χ4n) is 3.27. The molecule has 6 heteroatoms. The molecule has 2 N–H and O–H groups in total. The van der Waals surface area contributed by atoms with Crippen LogP contribution >= 0.6 is 23.6 Å². The molecule has 26 heavy (non-hydrogen) atoms. The maximum atomic E-state index is 12.3. The third-order valence-electron chi connectivity index (χ3n) is 4.67. The van der Waals surface area contributed by atoms with E-state index in [4.69, 9.17) is 17.0 Å². The van der Waals surface area contributed by atoms with E-state index in [-0.39, 0.29) is 5.97 Å². The lowest BCUT2D eigenvalue weighted by atomic mass is 9.88. The highest BCUT2D eigenvalue weighted by Gasteiger charge is 2.28. The Kier molecular flexibility index (Phi) is 6.27. The molecular weight excluding hydrogens is 364 g/mol. The van der Waals surface area contributed by atoms with E-state index >= 15 is 0 Å². The molecule has 2 aromatic rings. The standard InChI is InChI=1S/C20H24N2O2S2/c1-13-8-9-15-16(12-13)26-18(17(15)19(23)24-2)22-20(25)21-11-10-14-6-4-3-5-7-14/h3-7,13H,8-12H2,1-2H3,(H2,21,22,25). The van der Waals surface area contributed by atoms with Crippen LogP contribution in [0.2, 0.25) is 0 Å². The van der Waals surface area contributed by atoms with Gasteiger partial charge in [0.05, 0.1) is 12.7 Å². The molecule has 3 rings (SSSR count). The average molecular weight is 389 g/mol. The second-order valence-electron chi connectivity index (χ2n) is 6.66. The quantitative estimate of drug-likeness (QED) is 0.594. The molecule has 0 spiro atoms. The predicted octanol–water partition coefficient (Wildman–Crippen LogP) is 4.19. The summed E-state index contributed by atoms with van der Waals surface area (Å²) in [5.41, 5.74) is 3.06. The largest absolute Gasteiger partial charge is 0.465 e. The van der Waals surface area contributed by atoms with Crippen LogP contribution in [0.3, 0.4) is 0 Å². The molecule has 0 bridgehead atoms. The molecule has 1 heterocycles. The number of hydrogen-bond acceptors (Lipinski definition) is 4. The third kappa shape index (κ3) is 4.43. The summed E-state index contributed by atoms with van der Waals surface area (Å²) in [5.74, 6) is 0.363. The van der Waals surface area contributed by atoms with Crippen molar-refractivity contribution in [1.82, 2.24) is 5.32 Å². The van der Waals surface area contributed by atoms with Crippen molar-refractivity contribution in [3.8, 4) is 0 Å². The number of fused-ring (bicyclic) bond motifs is 1. The number of benzene rings is 1. The Morgan fingerprint density at radius 1 is 1.35 bits per heavy atom. The first-order valence-electron chi connectivity index (χ1n) is 8.90. The summed E-state index contributed by atoms with van der Waals surface area (Å²) in [7, 11) is 1.43. The monoisotopic (exact) mass is 388 g/mol. The molecule has 0 fully saturated rings. The minimum atomic E-state index is -0.286. The van der Waals surface area contributed by atoms with Gasteiger partial charge in [0, 0.05) is 11.4 Å². The summed E-state index contributed by atoms with van der Waals surface area (Å²) in [6, 6.07) is 10.3. The number of thiocarbonyl (C=S) groups is 1. The number of carbonyl (C=O) groups excluding carboxylic acids is 1. The number of esters is 1. The van der Waals surface area contributed by atoms with Gasteiger partial charge in [-0.05, 0) is 54.9 Å². The van der Waals surface area contributed by atoms with Crippen molar-refractivity contribution in [2.75, 3.05) is 19.0 Å². The van der Waals surface area contributed by atoms with E-state index < -0.39 is 0 Å². The zero-order chi connectivity index (χ0) is 18.5. The summed E-state index contributed by atoms with van der Waals surface area (Å²) in [6.45, 7) is 2.99. The van der Waals surface area contributed by atoms with Crippen LogP contribution in [0.25, 0.3) is 0 Å². The first-order chi connectivity index (χ1) is 12.6. The van der Waals surface area contributed by atoms with Crippen LogP contribution in [0.4, 0.5) is 5.00 Å². The minimum absolute atomic E-state index is 0.286. The molecule has 1 atom stereocenters. The van der Waals surface area contributed by atoms with Crippen molar-refractivity contribution in [3.05, 3.63) is 51.9 Å². The van der Waals surface area contributed by atoms with Gasteiger partial charge in [0.15, 0.2) is 5.11 Å². The van der Waals surface area contributed by atoms with E-state index in [0.717, 1.165) is 42.8 Å². The lowest BCUT2D eigenvalue weighted by Crippen LogP contribution is -2.30. The molecule has 1 aromatic carbocycles. The van der Waals surface area contributed by atoms with Crippen LogP contribution in [-0.2, 0) is 24.0 Å². The lowest BCUT2D eigenvalue weighted by Gasteiger charge is -2.18. The molecule has 0 aliphatic heterocycles. The molecule has 0 saturated heterocycles. The average Bonchev–Trinajstić information content (AvgIpc) is 2.98. The summed E-state index contributed by atoms with van der Waals surface area (Å²) < 4.78 is 5.01. The number of nitrogens with one attached hydrogen (secondary N) is 2. The van der Waals surface area contributed by atoms with Crippen LogP contribution in [0.15, 0.2) is 30.3 Å². The van der Waals surface area contributed by atoms with Gasteiger partial charge in [0.25, 0.3) is 0 Å². The zero-order valence-corrected chi connectivity index (χ0v) is 16.8. The van der Waals surface area contributed by atoms with E-state index in [1.807, 2.05) is 18.2 Å². The van der Waals surface area contributed by atoms with Gasteiger partial charge < -0.3 is 15.4 Å². The predicted molar refractivity (Wildman–Crippen MR) is 111 cm³/mol. The topological polar surface area (TPSA) is 50.4 Å². The fraction of sp³-hybridized carbons (Fsp3) is 0.400. The highest BCUT2D eigenvalue weighted by atomic mass is 32.1. The molecule has 0 radical (unpaired) electrons. The summed E-state index contributed by atoms with van der Waals surface area (Å²) in [4.78, 5) is 13.6. The Bertz CT molecular complexity index is 787. The summed E-state index contributed by atoms with van der Waals surface area (Å²) in [5, 5.41) is 7.79. The maximum Gasteiger partial charge on any atom is 0.341 e. The normalized spacial score (nSPS) is 15.8. The number of ether oxygens (including phenoxy) is 1. The van der Waals surface area contributed by atoms with Gasteiger partial charge in [0.2, 0.25) is 0 Å². The van der Waals surface area contributed by atoms with Gasteiger partial charge >= 0.3 is 5.97 Å². The van der Waals surface area contributed by atoms with Crippen LogP contribution < -0.4 is 10.6 Å². The van der Waals surface area contributed by atoms with Gasteiger partial charge in [-0.15, -0.1) is 11.3 Å². The Hall–Kier alpha value is -1.92. The van der Waals surface area contributed by atoms with Gasteiger partial charge in [0.1, 0.15) is 5.00 Å². The third-order valence-corrected chi connectivity index (χ3v) is 6.09. The molecule has 1 aliphatic carbocycles. The van der Waals surface area contributed by atoms with E-state index in [1.54, 1.807) is 11.3 Å². The highest BCUT2D eigenvalue weighted by molar-refractivity contribution is 7.80. The zero-order valence-electron chi connectivity index (χ0n) is 15.1. The maximum absolute atomic E-state index is 12.3. The van der Waals surface area contributed by atoms with Crippen molar-refractivity contribution in [3.63, 3.8) is 0 Å². The number of methoxy groups -OCH3 is 1. The smallest absolute Gasteiger partial charge is 0.341 e. The number of carbonyl (C=O) groups is 1. The van der Waals surface area contributed by atoms with E-state index in [9.17, 15) is 4.79 Å². The van der Waals surface area contributed by atoms with Crippen molar-refractivity contribution in [1.29, 1.82) is 0 Å². The minimum Gasteiger partial charge on any atom is -0.465 e. The van der Waals surface area contributed by atoms with Crippen LogP contribution in [0.1, 0.15) is 39.7 Å².